The van der Waals surface area contributed by atoms with E-state index >= 15 is 0 Å². The Hall–Kier alpha value is -2.09. The molecule has 0 bridgehead atoms. The molecule has 0 spiro atoms. The van der Waals surface area contributed by atoms with Gasteiger partial charge in [-0.1, -0.05) is 48.9 Å². The summed E-state index contributed by atoms with van der Waals surface area (Å²) in [5.41, 5.74) is 0.851. The Labute approximate surface area is 171 Å². The second kappa shape index (κ2) is 9.91. The maximum absolute atomic E-state index is 12.6. The van der Waals surface area contributed by atoms with Crippen molar-refractivity contribution in [3.63, 3.8) is 0 Å². The molecule has 152 valence electrons. The van der Waals surface area contributed by atoms with Crippen LogP contribution in [0.5, 0.6) is 5.75 Å². The van der Waals surface area contributed by atoms with Gasteiger partial charge in [-0.05, 0) is 44.0 Å². The van der Waals surface area contributed by atoms with E-state index in [1.807, 2.05) is 44.2 Å². The number of ether oxygens (including phenoxy) is 1. The average Bonchev–Trinajstić information content (AvgIpc) is 2.67. The fraction of sp³-hybridized carbons (Fsp3) is 0.350. The summed E-state index contributed by atoms with van der Waals surface area (Å²) in [5.74, 6) is -0.0171. The van der Waals surface area contributed by atoms with Gasteiger partial charge in [0, 0.05) is 12.1 Å². The largest absolute Gasteiger partial charge is 0.482 e. The van der Waals surface area contributed by atoms with E-state index < -0.39 is 16.1 Å². The summed E-state index contributed by atoms with van der Waals surface area (Å²) in [6, 6.07) is 13.1. The molecule has 2 aromatic rings. The molecule has 2 atom stereocenters. The standard InChI is InChI=1S/C20H25ClN2O4S/c1-4-14(2)22-20(24)13-27-19-11-10-17(12-18(19)21)28(25,26)23-15(3)16-8-6-5-7-9-16/h5-12,14-15,23H,4,13H2,1-3H3,(H,22,24)/t14-,15-/m0/s1. The van der Waals surface area contributed by atoms with Crippen LogP contribution in [0.25, 0.3) is 0 Å². The lowest BCUT2D eigenvalue weighted by Crippen LogP contribution is -2.35. The second-order valence-electron chi connectivity index (χ2n) is 6.51. The van der Waals surface area contributed by atoms with Gasteiger partial charge in [-0.15, -0.1) is 0 Å². The number of halogens is 1. The van der Waals surface area contributed by atoms with Gasteiger partial charge in [-0.2, -0.15) is 0 Å². The van der Waals surface area contributed by atoms with Gasteiger partial charge in [0.25, 0.3) is 5.91 Å². The molecule has 1 amide bonds. The van der Waals surface area contributed by atoms with Crippen molar-refractivity contribution < 1.29 is 17.9 Å². The molecule has 0 aliphatic carbocycles. The molecule has 8 heteroatoms. The molecular formula is C20H25ClN2O4S. The highest BCUT2D eigenvalue weighted by molar-refractivity contribution is 7.89. The van der Waals surface area contributed by atoms with Gasteiger partial charge in [0.2, 0.25) is 10.0 Å². The SMILES string of the molecule is CC[C@H](C)NC(=O)COc1ccc(S(=O)(=O)N[C@@H](C)c2ccccc2)cc1Cl. The van der Waals surface area contributed by atoms with E-state index in [9.17, 15) is 13.2 Å². The summed E-state index contributed by atoms with van der Waals surface area (Å²) < 4.78 is 33.3. The molecule has 28 heavy (non-hydrogen) atoms. The molecule has 0 fully saturated rings. The van der Waals surface area contributed by atoms with Crippen molar-refractivity contribution in [3.8, 4) is 5.75 Å². The highest BCUT2D eigenvalue weighted by atomic mass is 35.5. The molecule has 2 N–H and O–H groups in total. The van der Waals surface area contributed by atoms with Crippen LogP contribution in [0.1, 0.15) is 38.8 Å². The normalized spacial score (nSPS) is 13.6. The first-order valence-electron chi connectivity index (χ1n) is 9.02. The molecule has 0 saturated heterocycles. The number of nitrogens with one attached hydrogen (secondary N) is 2. The van der Waals surface area contributed by atoms with Gasteiger partial charge in [0.1, 0.15) is 5.75 Å². The minimum atomic E-state index is -3.77. The molecule has 0 aromatic heterocycles. The molecule has 6 nitrogen and oxygen atoms in total. The minimum absolute atomic E-state index is 0.0247. The highest BCUT2D eigenvalue weighted by Crippen LogP contribution is 2.28. The average molecular weight is 425 g/mol. The number of benzene rings is 2. The first-order valence-corrected chi connectivity index (χ1v) is 10.9. The fourth-order valence-electron chi connectivity index (χ4n) is 2.44. The lowest BCUT2D eigenvalue weighted by molar-refractivity contribution is -0.123. The van der Waals surface area contributed by atoms with Gasteiger partial charge in [-0.3, -0.25) is 4.79 Å². The van der Waals surface area contributed by atoms with Crippen LogP contribution in [0.4, 0.5) is 0 Å². The second-order valence-corrected chi connectivity index (χ2v) is 8.63. The van der Waals surface area contributed by atoms with E-state index in [-0.39, 0.29) is 34.2 Å². The van der Waals surface area contributed by atoms with Crippen LogP contribution in [-0.4, -0.2) is 27.0 Å². The molecule has 0 aliphatic heterocycles. The van der Waals surface area contributed by atoms with Crippen molar-refractivity contribution in [1.82, 2.24) is 10.0 Å². The minimum Gasteiger partial charge on any atom is -0.482 e. The third-order valence-electron chi connectivity index (χ3n) is 4.22. The fourth-order valence-corrected chi connectivity index (χ4v) is 4.00. The molecular weight excluding hydrogens is 400 g/mol. The van der Waals surface area contributed by atoms with E-state index in [2.05, 4.69) is 10.0 Å². The van der Waals surface area contributed by atoms with E-state index in [1.54, 1.807) is 6.92 Å². The summed E-state index contributed by atoms with van der Waals surface area (Å²) in [4.78, 5) is 11.8. The molecule has 0 unspecified atom stereocenters. The quantitative estimate of drug-likeness (QED) is 0.643. The monoisotopic (exact) mass is 424 g/mol. The Morgan fingerprint density at radius 3 is 2.43 bits per heavy atom. The van der Waals surface area contributed by atoms with Crippen LogP contribution in [0.2, 0.25) is 5.02 Å². The summed E-state index contributed by atoms with van der Waals surface area (Å²) in [6.07, 6.45) is 0.813. The van der Waals surface area contributed by atoms with E-state index in [0.717, 1.165) is 12.0 Å². The molecule has 0 aliphatic rings. The smallest absolute Gasteiger partial charge is 0.258 e. The number of sulfonamides is 1. The van der Waals surface area contributed by atoms with Crippen LogP contribution >= 0.6 is 11.6 Å². The summed E-state index contributed by atoms with van der Waals surface area (Å²) >= 11 is 6.16. The van der Waals surface area contributed by atoms with E-state index in [0.29, 0.717) is 0 Å². The number of rotatable bonds is 9. The zero-order chi connectivity index (χ0) is 20.7. The van der Waals surface area contributed by atoms with Crippen molar-refractivity contribution >= 4 is 27.5 Å². The number of carbonyl (C=O) groups excluding carboxylic acids is 1. The predicted octanol–water partition coefficient (Wildman–Crippen LogP) is 3.67. The summed E-state index contributed by atoms with van der Waals surface area (Å²) in [5, 5.41) is 2.90. The summed E-state index contributed by atoms with van der Waals surface area (Å²) in [7, 11) is -3.77. The van der Waals surface area contributed by atoms with Crippen LogP contribution in [-0.2, 0) is 14.8 Å². The molecule has 0 saturated carbocycles. The van der Waals surface area contributed by atoms with Crippen molar-refractivity contribution in [2.24, 2.45) is 0 Å². The van der Waals surface area contributed by atoms with Gasteiger partial charge in [0.15, 0.2) is 6.61 Å². The summed E-state index contributed by atoms with van der Waals surface area (Å²) in [6.45, 7) is 5.43. The van der Waals surface area contributed by atoms with Crippen molar-refractivity contribution in [1.29, 1.82) is 0 Å². The number of hydrogen-bond donors (Lipinski definition) is 2. The topological polar surface area (TPSA) is 84.5 Å². The first kappa shape index (κ1) is 22.2. The number of amides is 1. The third-order valence-corrected chi connectivity index (χ3v) is 6.06. The zero-order valence-corrected chi connectivity index (χ0v) is 17.7. The first-order chi connectivity index (χ1) is 13.2. The Morgan fingerprint density at radius 1 is 1.14 bits per heavy atom. The predicted molar refractivity (Wildman–Crippen MR) is 110 cm³/mol. The maximum Gasteiger partial charge on any atom is 0.258 e. The van der Waals surface area contributed by atoms with Gasteiger partial charge in [-0.25, -0.2) is 13.1 Å². The maximum atomic E-state index is 12.6. The number of carbonyl (C=O) groups is 1. The van der Waals surface area contributed by atoms with Gasteiger partial charge >= 0.3 is 0 Å². The zero-order valence-electron chi connectivity index (χ0n) is 16.1. The van der Waals surface area contributed by atoms with Crippen molar-refractivity contribution in [2.45, 2.75) is 44.2 Å². The van der Waals surface area contributed by atoms with Crippen LogP contribution in [0, 0.1) is 0 Å². The van der Waals surface area contributed by atoms with Crippen molar-refractivity contribution in [2.75, 3.05) is 6.61 Å². The molecule has 0 radical (unpaired) electrons. The van der Waals surface area contributed by atoms with Gasteiger partial charge in [0.05, 0.1) is 9.92 Å². The van der Waals surface area contributed by atoms with Crippen LogP contribution < -0.4 is 14.8 Å². The molecule has 2 rings (SSSR count). The van der Waals surface area contributed by atoms with Crippen LogP contribution in [0.3, 0.4) is 0 Å². The van der Waals surface area contributed by atoms with E-state index in [4.69, 9.17) is 16.3 Å². The number of hydrogen-bond acceptors (Lipinski definition) is 4. The Balaban J connectivity index is 2.05. The van der Waals surface area contributed by atoms with Crippen molar-refractivity contribution in [3.05, 3.63) is 59.1 Å². The van der Waals surface area contributed by atoms with Crippen LogP contribution in [0.15, 0.2) is 53.4 Å². The van der Waals surface area contributed by atoms with E-state index in [1.165, 1.54) is 18.2 Å². The third kappa shape index (κ3) is 6.22. The van der Waals surface area contributed by atoms with Gasteiger partial charge < -0.3 is 10.1 Å². The lowest BCUT2D eigenvalue weighted by atomic mass is 10.1. The lowest BCUT2D eigenvalue weighted by Gasteiger charge is -2.16. The molecule has 2 aromatic carbocycles. The Kier molecular flexibility index (Phi) is 7.86. The molecule has 0 heterocycles. The highest BCUT2D eigenvalue weighted by Gasteiger charge is 2.20. The Bertz CT molecular complexity index is 904. The Morgan fingerprint density at radius 2 is 1.82 bits per heavy atom.